The van der Waals surface area contributed by atoms with Crippen LogP contribution in [0.15, 0.2) is 0 Å². The number of fused-ring (bicyclic) bond motifs is 5. The lowest BCUT2D eigenvalue weighted by Crippen LogP contribution is -2.59. The number of hydrogen-bond acceptors (Lipinski definition) is 4. The quantitative estimate of drug-likeness (QED) is 0.674. The van der Waals surface area contributed by atoms with Crippen LogP contribution in [-0.4, -0.2) is 30.3 Å². The van der Waals surface area contributed by atoms with E-state index in [-0.39, 0.29) is 12.1 Å². The van der Waals surface area contributed by atoms with Gasteiger partial charge >= 0.3 is 5.97 Å². The largest absolute Gasteiger partial charge is 0.469 e. The van der Waals surface area contributed by atoms with Crippen molar-refractivity contribution in [3.8, 4) is 0 Å². The van der Waals surface area contributed by atoms with Gasteiger partial charge in [0.2, 0.25) is 0 Å². The summed E-state index contributed by atoms with van der Waals surface area (Å²) in [5.41, 5.74) is 7.00. The SMILES string of the molecule is COC(=O)CCC(C)[C@H]1CCC2C3C(O)CC4C[C@@H](N)CC[C@]4(C)C3CC[C@@]21C. The lowest BCUT2D eigenvalue weighted by molar-refractivity contribution is -0.166. The molecule has 10 atom stereocenters. The number of carbonyl (C=O) groups is 1. The van der Waals surface area contributed by atoms with Crippen LogP contribution in [0.25, 0.3) is 0 Å². The molecule has 0 aromatic carbocycles. The zero-order valence-electron chi connectivity index (χ0n) is 19.0. The maximum absolute atomic E-state index is 11.7. The summed E-state index contributed by atoms with van der Waals surface area (Å²) in [6.45, 7) is 7.38. The molecule has 0 aromatic rings. The molecule has 0 amide bonds. The van der Waals surface area contributed by atoms with Gasteiger partial charge in [0.15, 0.2) is 0 Å². The van der Waals surface area contributed by atoms with Crippen molar-refractivity contribution in [2.45, 2.75) is 97.1 Å². The predicted octanol–water partition coefficient (Wildman–Crippen LogP) is 4.53. The second-order valence-corrected chi connectivity index (χ2v) is 11.7. The molecule has 29 heavy (non-hydrogen) atoms. The molecule has 4 rings (SSSR count). The Morgan fingerprint density at radius 1 is 1.10 bits per heavy atom. The fourth-order valence-corrected chi connectivity index (χ4v) is 8.88. The molecular formula is C25H43NO3. The molecular weight excluding hydrogens is 362 g/mol. The summed E-state index contributed by atoms with van der Waals surface area (Å²) >= 11 is 0. The number of carbonyl (C=O) groups excluding carboxylic acids is 1. The average molecular weight is 406 g/mol. The number of ether oxygens (including phenoxy) is 1. The molecule has 0 spiro atoms. The fourth-order valence-electron chi connectivity index (χ4n) is 8.88. The highest BCUT2D eigenvalue weighted by Gasteiger charge is 2.62. The van der Waals surface area contributed by atoms with E-state index in [0.29, 0.717) is 58.8 Å². The Hall–Kier alpha value is -0.610. The van der Waals surface area contributed by atoms with Gasteiger partial charge in [0.1, 0.15) is 0 Å². The van der Waals surface area contributed by atoms with Crippen molar-refractivity contribution in [3.63, 3.8) is 0 Å². The second-order valence-electron chi connectivity index (χ2n) is 11.7. The molecule has 4 nitrogen and oxygen atoms in total. The van der Waals surface area contributed by atoms with Gasteiger partial charge in [-0.1, -0.05) is 20.8 Å². The minimum absolute atomic E-state index is 0.0857. The summed E-state index contributed by atoms with van der Waals surface area (Å²) < 4.78 is 4.87. The topological polar surface area (TPSA) is 72.5 Å². The minimum Gasteiger partial charge on any atom is -0.469 e. The third-order valence-corrected chi connectivity index (χ3v) is 10.5. The first kappa shape index (κ1) is 21.6. The van der Waals surface area contributed by atoms with Gasteiger partial charge in [0.25, 0.3) is 0 Å². The average Bonchev–Trinajstić information content (AvgIpc) is 3.04. The zero-order valence-corrected chi connectivity index (χ0v) is 19.0. The molecule has 166 valence electrons. The first-order valence-electron chi connectivity index (χ1n) is 12.2. The predicted molar refractivity (Wildman–Crippen MR) is 115 cm³/mol. The van der Waals surface area contributed by atoms with E-state index in [1.807, 2.05) is 0 Å². The van der Waals surface area contributed by atoms with E-state index < -0.39 is 0 Å². The van der Waals surface area contributed by atoms with E-state index in [9.17, 15) is 9.90 Å². The van der Waals surface area contributed by atoms with Gasteiger partial charge in [-0.25, -0.2) is 0 Å². The van der Waals surface area contributed by atoms with Crippen LogP contribution < -0.4 is 5.73 Å². The Morgan fingerprint density at radius 2 is 1.79 bits per heavy atom. The first-order valence-corrected chi connectivity index (χ1v) is 12.2. The Morgan fingerprint density at radius 3 is 2.52 bits per heavy atom. The molecule has 3 N–H and O–H groups in total. The van der Waals surface area contributed by atoms with Crippen molar-refractivity contribution in [1.82, 2.24) is 0 Å². The van der Waals surface area contributed by atoms with Gasteiger partial charge in [0.05, 0.1) is 13.2 Å². The maximum atomic E-state index is 11.7. The Labute approximate surface area is 177 Å². The van der Waals surface area contributed by atoms with Crippen LogP contribution >= 0.6 is 0 Å². The summed E-state index contributed by atoms with van der Waals surface area (Å²) in [4.78, 5) is 11.7. The van der Waals surface area contributed by atoms with Crippen LogP contribution in [-0.2, 0) is 9.53 Å². The molecule has 0 heterocycles. The van der Waals surface area contributed by atoms with Crippen molar-refractivity contribution in [3.05, 3.63) is 0 Å². The number of aliphatic hydroxyl groups is 1. The van der Waals surface area contributed by atoms with E-state index in [1.54, 1.807) is 0 Å². The van der Waals surface area contributed by atoms with Crippen LogP contribution in [0.1, 0.15) is 85.0 Å². The Kier molecular flexibility index (Phi) is 5.83. The standard InChI is InChI=1S/C25H43NO3/c1-15(5-8-22(28)29-4)18-6-7-19-23-20(10-12-25(18,19)3)24(2)11-9-17(26)13-16(24)14-21(23)27/h15-21,23,27H,5-14,26H2,1-4H3/t15?,16?,17-,18+,19?,20?,21?,23?,24-,25+/m0/s1. The third kappa shape index (κ3) is 3.46. The van der Waals surface area contributed by atoms with Gasteiger partial charge in [0, 0.05) is 12.5 Å². The van der Waals surface area contributed by atoms with Gasteiger partial charge < -0.3 is 15.6 Å². The summed E-state index contributed by atoms with van der Waals surface area (Å²) in [7, 11) is 1.48. The molecule has 0 bridgehead atoms. The molecule has 4 saturated carbocycles. The van der Waals surface area contributed by atoms with E-state index in [2.05, 4.69) is 20.8 Å². The summed E-state index contributed by atoms with van der Waals surface area (Å²) in [6.07, 6.45) is 10.8. The smallest absolute Gasteiger partial charge is 0.305 e. The lowest BCUT2D eigenvalue weighted by Gasteiger charge is -2.62. The second kappa shape index (κ2) is 7.82. The van der Waals surface area contributed by atoms with Crippen molar-refractivity contribution in [2.75, 3.05) is 7.11 Å². The normalized spacial score (nSPS) is 50.2. The number of nitrogens with two attached hydrogens (primary N) is 1. The molecule has 4 aliphatic carbocycles. The van der Waals surface area contributed by atoms with Crippen LogP contribution in [0.3, 0.4) is 0 Å². The summed E-state index contributed by atoms with van der Waals surface area (Å²) in [5.74, 6) is 3.47. The van der Waals surface area contributed by atoms with Gasteiger partial charge in [-0.2, -0.15) is 0 Å². The van der Waals surface area contributed by atoms with Crippen molar-refractivity contribution in [2.24, 2.45) is 52.1 Å². The van der Waals surface area contributed by atoms with E-state index in [4.69, 9.17) is 10.5 Å². The van der Waals surface area contributed by atoms with Gasteiger partial charge in [-0.3, -0.25) is 4.79 Å². The molecule has 4 heteroatoms. The van der Waals surface area contributed by atoms with Gasteiger partial charge in [-0.05, 0) is 104 Å². The van der Waals surface area contributed by atoms with Crippen molar-refractivity contribution in [1.29, 1.82) is 0 Å². The maximum Gasteiger partial charge on any atom is 0.305 e. The fraction of sp³-hybridized carbons (Fsp3) is 0.960. The Bertz CT molecular complexity index is 623. The monoisotopic (exact) mass is 405 g/mol. The van der Waals surface area contributed by atoms with Crippen LogP contribution in [0.2, 0.25) is 0 Å². The van der Waals surface area contributed by atoms with Crippen LogP contribution in [0.4, 0.5) is 0 Å². The molecule has 6 unspecified atom stereocenters. The van der Waals surface area contributed by atoms with Crippen LogP contribution in [0.5, 0.6) is 0 Å². The number of aliphatic hydroxyl groups excluding tert-OH is 1. The summed E-state index contributed by atoms with van der Waals surface area (Å²) in [6, 6.07) is 0.331. The van der Waals surface area contributed by atoms with Crippen molar-refractivity contribution >= 4 is 5.97 Å². The van der Waals surface area contributed by atoms with Gasteiger partial charge in [-0.15, -0.1) is 0 Å². The van der Waals surface area contributed by atoms with Crippen molar-refractivity contribution < 1.29 is 14.6 Å². The zero-order chi connectivity index (χ0) is 21.0. The van der Waals surface area contributed by atoms with E-state index in [0.717, 1.165) is 25.7 Å². The first-order chi connectivity index (χ1) is 13.7. The highest BCUT2D eigenvalue weighted by Crippen LogP contribution is 2.68. The summed E-state index contributed by atoms with van der Waals surface area (Å²) in [5, 5.41) is 11.3. The number of esters is 1. The number of hydrogen-bond donors (Lipinski definition) is 2. The van der Waals surface area contributed by atoms with Crippen LogP contribution in [0, 0.1) is 46.3 Å². The molecule has 0 saturated heterocycles. The Balaban J connectivity index is 1.53. The highest BCUT2D eigenvalue weighted by molar-refractivity contribution is 5.69. The third-order valence-electron chi connectivity index (χ3n) is 10.5. The van der Waals surface area contributed by atoms with E-state index in [1.165, 1.54) is 39.2 Å². The minimum atomic E-state index is -0.155. The lowest BCUT2D eigenvalue weighted by atomic mass is 9.43. The van der Waals surface area contributed by atoms with E-state index >= 15 is 0 Å². The number of rotatable bonds is 4. The molecule has 4 aliphatic rings. The highest BCUT2D eigenvalue weighted by atomic mass is 16.5. The molecule has 0 aliphatic heterocycles. The molecule has 0 aromatic heterocycles. The molecule has 0 radical (unpaired) electrons. The molecule has 4 fully saturated rings. The number of methoxy groups -OCH3 is 1.